The molecule has 1 aliphatic carbocycles. The molecule has 0 aliphatic heterocycles. The molecule has 0 amide bonds. The van der Waals surface area contributed by atoms with Gasteiger partial charge in [0.1, 0.15) is 0 Å². The molecule has 0 heterocycles. The fourth-order valence-corrected chi connectivity index (χ4v) is 1.52. The zero-order chi connectivity index (χ0) is 9.14. The van der Waals surface area contributed by atoms with Crippen LogP contribution in [0.5, 0.6) is 0 Å². The van der Waals surface area contributed by atoms with Gasteiger partial charge in [-0.15, -0.1) is 0 Å². The molecule has 0 spiro atoms. The Morgan fingerprint density at radius 2 is 2.17 bits per heavy atom. The van der Waals surface area contributed by atoms with Gasteiger partial charge >= 0.3 is 0 Å². The van der Waals surface area contributed by atoms with Crippen LogP contribution in [0.3, 0.4) is 0 Å². The molecule has 3 heteroatoms. The molecule has 1 rings (SSSR count). The Morgan fingerprint density at radius 1 is 1.58 bits per heavy atom. The lowest BCUT2D eigenvalue weighted by atomic mass is 10.2. The molecular weight excluding hydrogens is 150 g/mol. The summed E-state index contributed by atoms with van der Waals surface area (Å²) in [6.45, 7) is 5.37. The SMILES string of the molecule is CC(C)N(CCC(=N)N)C1CC1. The molecule has 70 valence electrons. The minimum atomic E-state index is 0.307. The van der Waals surface area contributed by atoms with E-state index in [1.807, 2.05) is 0 Å². The van der Waals surface area contributed by atoms with Crippen molar-refractivity contribution < 1.29 is 0 Å². The number of hydrogen-bond acceptors (Lipinski definition) is 2. The molecule has 1 aliphatic rings. The second kappa shape index (κ2) is 3.90. The maximum Gasteiger partial charge on any atom is 0.0918 e. The van der Waals surface area contributed by atoms with E-state index in [9.17, 15) is 0 Å². The van der Waals surface area contributed by atoms with Crippen molar-refractivity contribution in [2.45, 2.75) is 45.2 Å². The van der Waals surface area contributed by atoms with E-state index >= 15 is 0 Å². The van der Waals surface area contributed by atoms with Crippen LogP contribution in [0.15, 0.2) is 0 Å². The summed E-state index contributed by atoms with van der Waals surface area (Å²) in [5.74, 6) is 0.307. The first-order chi connectivity index (χ1) is 5.61. The first-order valence-electron chi connectivity index (χ1n) is 4.70. The topological polar surface area (TPSA) is 53.1 Å². The second-order valence-corrected chi connectivity index (χ2v) is 3.84. The second-order valence-electron chi connectivity index (χ2n) is 3.84. The van der Waals surface area contributed by atoms with Gasteiger partial charge in [-0.25, -0.2) is 0 Å². The minimum Gasteiger partial charge on any atom is -0.388 e. The molecule has 0 aromatic rings. The van der Waals surface area contributed by atoms with E-state index in [1.54, 1.807) is 0 Å². The molecule has 1 fully saturated rings. The number of hydrogen-bond donors (Lipinski definition) is 2. The summed E-state index contributed by atoms with van der Waals surface area (Å²) in [6, 6.07) is 1.38. The molecule has 0 aromatic carbocycles. The van der Waals surface area contributed by atoms with Gasteiger partial charge in [-0.1, -0.05) is 0 Å². The van der Waals surface area contributed by atoms with E-state index in [1.165, 1.54) is 12.8 Å². The predicted molar refractivity (Wildman–Crippen MR) is 51.4 cm³/mol. The first-order valence-corrected chi connectivity index (χ1v) is 4.70. The molecule has 0 unspecified atom stereocenters. The van der Waals surface area contributed by atoms with Crippen molar-refractivity contribution in [3.05, 3.63) is 0 Å². The van der Waals surface area contributed by atoms with Crippen LogP contribution in [0.25, 0.3) is 0 Å². The summed E-state index contributed by atoms with van der Waals surface area (Å²) in [6.07, 6.45) is 3.38. The van der Waals surface area contributed by atoms with Gasteiger partial charge in [0.15, 0.2) is 0 Å². The number of nitrogens with zero attached hydrogens (tertiary/aromatic N) is 1. The molecule has 0 atom stereocenters. The summed E-state index contributed by atoms with van der Waals surface area (Å²) in [7, 11) is 0. The number of amidine groups is 1. The quantitative estimate of drug-likeness (QED) is 0.479. The summed E-state index contributed by atoms with van der Waals surface area (Å²) in [5, 5.41) is 7.14. The fourth-order valence-electron chi connectivity index (χ4n) is 1.52. The monoisotopic (exact) mass is 169 g/mol. The van der Waals surface area contributed by atoms with Gasteiger partial charge in [0.2, 0.25) is 0 Å². The Hall–Kier alpha value is -0.570. The van der Waals surface area contributed by atoms with E-state index in [0.717, 1.165) is 12.6 Å². The van der Waals surface area contributed by atoms with Gasteiger partial charge in [-0.3, -0.25) is 10.3 Å². The molecule has 0 aromatic heterocycles. The lowest BCUT2D eigenvalue weighted by Crippen LogP contribution is -2.35. The molecule has 3 nitrogen and oxygen atoms in total. The first kappa shape index (κ1) is 9.52. The van der Waals surface area contributed by atoms with Gasteiger partial charge in [0.25, 0.3) is 0 Å². The summed E-state index contributed by atoms with van der Waals surface area (Å²) >= 11 is 0. The summed E-state index contributed by atoms with van der Waals surface area (Å²) < 4.78 is 0. The average Bonchev–Trinajstić information content (AvgIpc) is 2.69. The van der Waals surface area contributed by atoms with Crippen LogP contribution in [0.1, 0.15) is 33.1 Å². The van der Waals surface area contributed by atoms with Gasteiger partial charge < -0.3 is 5.73 Å². The standard InChI is InChI=1S/C9H19N3/c1-7(2)12(8-3-4-8)6-5-9(10)11/h7-8H,3-6H2,1-2H3,(H3,10,11). The van der Waals surface area contributed by atoms with Crippen LogP contribution >= 0.6 is 0 Å². The largest absolute Gasteiger partial charge is 0.388 e. The Kier molecular flexibility index (Phi) is 3.09. The highest BCUT2D eigenvalue weighted by Crippen LogP contribution is 2.28. The molecule has 0 bridgehead atoms. The van der Waals surface area contributed by atoms with E-state index < -0.39 is 0 Å². The van der Waals surface area contributed by atoms with Gasteiger partial charge in [0, 0.05) is 25.0 Å². The van der Waals surface area contributed by atoms with E-state index in [0.29, 0.717) is 18.3 Å². The number of nitrogens with two attached hydrogens (primary N) is 1. The van der Waals surface area contributed by atoms with Crippen LogP contribution in [-0.2, 0) is 0 Å². The zero-order valence-corrected chi connectivity index (χ0v) is 8.01. The minimum absolute atomic E-state index is 0.307. The molecular formula is C9H19N3. The van der Waals surface area contributed by atoms with Crippen molar-refractivity contribution in [1.82, 2.24) is 4.90 Å². The van der Waals surface area contributed by atoms with Crippen molar-refractivity contribution in [1.29, 1.82) is 5.41 Å². The van der Waals surface area contributed by atoms with Crippen molar-refractivity contribution in [2.24, 2.45) is 5.73 Å². The van der Waals surface area contributed by atoms with Crippen LogP contribution in [0, 0.1) is 5.41 Å². The third-order valence-corrected chi connectivity index (χ3v) is 2.32. The molecule has 1 saturated carbocycles. The number of rotatable bonds is 5. The Bertz CT molecular complexity index is 159. The van der Waals surface area contributed by atoms with Gasteiger partial charge in [0.05, 0.1) is 5.84 Å². The van der Waals surface area contributed by atoms with Crippen LogP contribution in [0.2, 0.25) is 0 Å². The average molecular weight is 169 g/mol. The molecule has 12 heavy (non-hydrogen) atoms. The lowest BCUT2D eigenvalue weighted by Gasteiger charge is -2.25. The van der Waals surface area contributed by atoms with Crippen LogP contribution < -0.4 is 5.73 Å². The van der Waals surface area contributed by atoms with Crippen molar-refractivity contribution in [2.75, 3.05) is 6.54 Å². The van der Waals surface area contributed by atoms with E-state index in [2.05, 4.69) is 18.7 Å². The Balaban J connectivity index is 2.28. The van der Waals surface area contributed by atoms with Gasteiger partial charge in [-0.05, 0) is 26.7 Å². The highest BCUT2D eigenvalue weighted by Gasteiger charge is 2.30. The van der Waals surface area contributed by atoms with Crippen LogP contribution in [-0.4, -0.2) is 29.4 Å². The molecule has 0 saturated heterocycles. The maximum absolute atomic E-state index is 7.14. The van der Waals surface area contributed by atoms with Crippen molar-refractivity contribution in [3.63, 3.8) is 0 Å². The normalized spacial score (nSPS) is 17.3. The van der Waals surface area contributed by atoms with Crippen molar-refractivity contribution >= 4 is 5.84 Å². The molecule has 3 N–H and O–H groups in total. The fraction of sp³-hybridized carbons (Fsp3) is 0.889. The summed E-state index contributed by atoms with van der Waals surface area (Å²) in [4.78, 5) is 2.45. The predicted octanol–water partition coefficient (Wildman–Crippen LogP) is 1.19. The Labute approximate surface area is 74.4 Å². The number of nitrogens with one attached hydrogen (secondary N) is 1. The van der Waals surface area contributed by atoms with Gasteiger partial charge in [-0.2, -0.15) is 0 Å². The van der Waals surface area contributed by atoms with Crippen molar-refractivity contribution in [3.8, 4) is 0 Å². The van der Waals surface area contributed by atoms with E-state index in [-0.39, 0.29) is 0 Å². The third-order valence-electron chi connectivity index (χ3n) is 2.32. The molecule has 0 radical (unpaired) electrons. The smallest absolute Gasteiger partial charge is 0.0918 e. The zero-order valence-electron chi connectivity index (χ0n) is 8.01. The third kappa shape index (κ3) is 2.81. The lowest BCUT2D eigenvalue weighted by molar-refractivity contribution is 0.217. The Morgan fingerprint density at radius 3 is 2.50 bits per heavy atom. The highest BCUT2D eigenvalue weighted by molar-refractivity contribution is 5.76. The summed E-state index contributed by atoms with van der Waals surface area (Å²) in [5.41, 5.74) is 5.32. The highest BCUT2D eigenvalue weighted by atomic mass is 15.2. The maximum atomic E-state index is 7.14. The van der Waals surface area contributed by atoms with Crippen LogP contribution in [0.4, 0.5) is 0 Å². The van der Waals surface area contributed by atoms with E-state index in [4.69, 9.17) is 11.1 Å².